The summed E-state index contributed by atoms with van der Waals surface area (Å²) in [5.41, 5.74) is 0.591. The summed E-state index contributed by atoms with van der Waals surface area (Å²) in [7, 11) is 0. The van der Waals surface area contributed by atoms with Crippen LogP contribution in [0.4, 0.5) is 5.69 Å². The molecule has 0 saturated heterocycles. The minimum Gasteiger partial charge on any atom is -0.494 e. The van der Waals surface area contributed by atoms with Gasteiger partial charge in [-0.05, 0) is 51.7 Å². The van der Waals surface area contributed by atoms with Crippen LogP contribution in [0.5, 0.6) is 11.5 Å². The lowest BCUT2D eigenvalue weighted by molar-refractivity contribution is -0.143. The minimum absolute atomic E-state index is 0.0894. The second kappa shape index (κ2) is 8.57. The Hall–Kier alpha value is -2.24. The van der Waals surface area contributed by atoms with Gasteiger partial charge < -0.3 is 19.9 Å². The molecule has 1 aliphatic rings. The van der Waals surface area contributed by atoms with Crippen molar-refractivity contribution in [2.45, 2.75) is 39.5 Å². The quantitative estimate of drug-likeness (QED) is 0.798. The minimum atomic E-state index is -0.767. The van der Waals surface area contributed by atoms with Crippen LogP contribution >= 0.6 is 0 Å². The third-order valence-corrected chi connectivity index (χ3v) is 4.27. The van der Waals surface area contributed by atoms with Gasteiger partial charge in [0, 0.05) is 12.0 Å². The first-order valence-corrected chi connectivity index (χ1v) is 8.48. The van der Waals surface area contributed by atoms with Gasteiger partial charge in [-0.2, -0.15) is 0 Å². The Morgan fingerprint density at radius 1 is 1.08 bits per heavy atom. The van der Waals surface area contributed by atoms with E-state index < -0.39 is 5.97 Å². The largest absolute Gasteiger partial charge is 0.494 e. The summed E-state index contributed by atoms with van der Waals surface area (Å²) >= 11 is 0. The van der Waals surface area contributed by atoms with Crippen molar-refractivity contribution in [2.24, 2.45) is 11.8 Å². The Balaban J connectivity index is 2.04. The molecule has 1 aromatic carbocycles. The fourth-order valence-corrected chi connectivity index (χ4v) is 2.98. The van der Waals surface area contributed by atoms with E-state index >= 15 is 0 Å². The van der Waals surface area contributed by atoms with E-state index in [9.17, 15) is 9.59 Å². The molecule has 0 spiro atoms. The van der Waals surface area contributed by atoms with Crippen molar-refractivity contribution >= 4 is 17.6 Å². The smallest absolute Gasteiger partial charge is 0.306 e. The summed E-state index contributed by atoms with van der Waals surface area (Å²) in [5, 5.41) is 12.0. The van der Waals surface area contributed by atoms with Crippen LogP contribution in [0.1, 0.15) is 39.5 Å². The van der Waals surface area contributed by atoms with E-state index in [1.54, 1.807) is 12.1 Å². The van der Waals surface area contributed by atoms with Gasteiger partial charge in [-0.1, -0.05) is 0 Å². The van der Waals surface area contributed by atoms with Gasteiger partial charge in [0.1, 0.15) is 11.5 Å². The summed E-state index contributed by atoms with van der Waals surface area (Å²) in [4.78, 5) is 23.5. The van der Waals surface area contributed by atoms with Crippen LogP contribution in [0.15, 0.2) is 18.2 Å². The van der Waals surface area contributed by atoms with Gasteiger partial charge in [0.15, 0.2) is 0 Å². The van der Waals surface area contributed by atoms with Crippen molar-refractivity contribution in [2.75, 3.05) is 18.5 Å². The Kier molecular flexibility index (Phi) is 6.46. The molecule has 0 aliphatic heterocycles. The van der Waals surface area contributed by atoms with Gasteiger partial charge in [0.2, 0.25) is 5.91 Å². The number of hydrogen-bond acceptors (Lipinski definition) is 4. The Morgan fingerprint density at radius 2 is 1.71 bits per heavy atom. The third-order valence-electron chi connectivity index (χ3n) is 4.27. The second-order valence-electron chi connectivity index (χ2n) is 5.90. The first-order valence-electron chi connectivity index (χ1n) is 8.48. The highest BCUT2D eigenvalue weighted by Gasteiger charge is 2.30. The number of carbonyl (C=O) groups is 2. The lowest BCUT2D eigenvalue weighted by Crippen LogP contribution is -2.29. The van der Waals surface area contributed by atoms with Gasteiger partial charge in [-0.15, -0.1) is 0 Å². The maximum atomic E-state index is 12.5. The van der Waals surface area contributed by atoms with Crippen LogP contribution in [0.25, 0.3) is 0 Å². The van der Waals surface area contributed by atoms with Crippen LogP contribution < -0.4 is 14.8 Å². The summed E-state index contributed by atoms with van der Waals surface area (Å²) in [6.07, 6.45) is 2.28. The molecule has 0 aromatic heterocycles. The number of rotatable bonds is 7. The number of nitrogens with one attached hydrogen (secondary N) is 1. The summed E-state index contributed by atoms with van der Waals surface area (Å²) in [6.45, 7) is 4.83. The Bertz CT molecular complexity index is 579. The van der Waals surface area contributed by atoms with E-state index in [1.165, 1.54) is 0 Å². The molecule has 0 atom stereocenters. The van der Waals surface area contributed by atoms with Crippen molar-refractivity contribution in [3.63, 3.8) is 0 Å². The molecule has 0 heterocycles. The lowest BCUT2D eigenvalue weighted by atomic mass is 9.81. The van der Waals surface area contributed by atoms with Crippen LogP contribution in [-0.4, -0.2) is 30.2 Å². The molecule has 2 rings (SSSR count). The summed E-state index contributed by atoms with van der Waals surface area (Å²) in [5.74, 6) is -0.0650. The molecule has 1 amide bonds. The zero-order valence-electron chi connectivity index (χ0n) is 14.2. The van der Waals surface area contributed by atoms with E-state index in [-0.39, 0.29) is 17.7 Å². The molecule has 1 fully saturated rings. The number of carboxylic acid groups (broad SMARTS) is 1. The third kappa shape index (κ3) is 4.63. The topological polar surface area (TPSA) is 84.9 Å². The molecule has 0 radical (unpaired) electrons. The van der Waals surface area contributed by atoms with Crippen molar-refractivity contribution in [1.82, 2.24) is 0 Å². The van der Waals surface area contributed by atoms with E-state index in [1.807, 2.05) is 19.9 Å². The van der Waals surface area contributed by atoms with E-state index in [0.29, 0.717) is 56.1 Å². The van der Waals surface area contributed by atoms with Gasteiger partial charge in [-0.3, -0.25) is 9.59 Å². The molecule has 1 aromatic rings. The number of anilines is 1. The van der Waals surface area contributed by atoms with Crippen LogP contribution in [-0.2, 0) is 9.59 Å². The highest BCUT2D eigenvalue weighted by molar-refractivity contribution is 5.94. The standard InChI is InChI=1S/C18H25NO5/c1-3-23-14-9-10-16(24-4-2)15(11-14)19-17(20)12-5-7-13(8-6-12)18(21)22/h9-13H,3-8H2,1-2H3,(H,19,20)(H,21,22). The van der Waals surface area contributed by atoms with Gasteiger partial charge in [0.25, 0.3) is 0 Å². The maximum Gasteiger partial charge on any atom is 0.306 e. The van der Waals surface area contributed by atoms with Gasteiger partial charge >= 0.3 is 5.97 Å². The van der Waals surface area contributed by atoms with Crippen molar-refractivity contribution in [3.8, 4) is 11.5 Å². The fourth-order valence-electron chi connectivity index (χ4n) is 2.98. The lowest BCUT2D eigenvalue weighted by Gasteiger charge is -2.25. The normalized spacial score (nSPS) is 20.2. The molecule has 6 nitrogen and oxygen atoms in total. The molecule has 6 heteroatoms. The number of aliphatic carboxylic acids is 1. The fraction of sp³-hybridized carbons (Fsp3) is 0.556. The summed E-state index contributed by atoms with van der Waals surface area (Å²) in [6, 6.07) is 5.35. The first kappa shape index (κ1) is 18.1. The van der Waals surface area contributed by atoms with Crippen molar-refractivity contribution in [3.05, 3.63) is 18.2 Å². The van der Waals surface area contributed by atoms with Crippen molar-refractivity contribution < 1.29 is 24.2 Å². The molecular weight excluding hydrogens is 310 g/mol. The Morgan fingerprint density at radius 3 is 2.29 bits per heavy atom. The average molecular weight is 335 g/mol. The van der Waals surface area contributed by atoms with Crippen LogP contribution in [0, 0.1) is 11.8 Å². The molecule has 0 unspecified atom stereocenters. The number of carboxylic acids is 1. The maximum absolute atomic E-state index is 12.5. The van der Waals surface area contributed by atoms with E-state index in [0.717, 1.165) is 0 Å². The molecule has 24 heavy (non-hydrogen) atoms. The highest BCUT2D eigenvalue weighted by Crippen LogP contribution is 2.33. The molecular formula is C18H25NO5. The molecule has 1 saturated carbocycles. The average Bonchev–Trinajstić information content (AvgIpc) is 2.57. The van der Waals surface area contributed by atoms with Crippen LogP contribution in [0.2, 0.25) is 0 Å². The van der Waals surface area contributed by atoms with Gasteiger partial charge in [0.05, 0.1) is 24.8 Å². The SMILES string of the molecule is CCOc1ccc(OCC)c(NC(=O)C2CCC(C(=O)O)CC2)c1. The number of hydrogen-bond donors (Lipinski definition) is 2. The number of amides is 1. The zero-order chi connectivity index (χ0) is 17.5. The predicted octanol–water partition coefficient (Wildman–Crippen LogP) is 3.31. The molecule has 132 valence electrons. The van der Waals surface area contributed by atoms with Crippen LogP contribution in [0.3, 0.4) is 0 Å². The highest BCUT2D eigenvalue weighted by atomic mass is 16.5. The zero-order valence-corrected chi connectivity index (χ0v) is 14.2. The first-order chi connectivity index (χ1) is 11.5. The van der Waals surface area contributed by atoms with E-state index in [2.05, 4.69) is 5.32 Å². The Labute approximate surface area is 142 Å². The number of carbonyl (C=O) groups excluding carboxylic acids is 1. The van der Waals surface area contributed by atoms with Gasteiger partial charge in [-0.25, -0.2) is 0 Å². The second-order valence-corrected chi connectivity index (χ2v) is 5.90. The number of ether oxygens (including phenoxy) is 2. The molecule has 1 aliphatic carbocycles. The molecule has 2 N–H and O–H groups in total. The number of benzene rings is 1. The molecule has 0 bridgehead atoms. The van der Waals surface area contributed by atoms with Crippen molar-refractivity contribution in [1.29, 1.82) is 0 Å². The van der Waals surface area contributed by atoms with E-state index in [4.69, 9.17) is 14.6 Å². The monoisotopic (exact) mass is 335 g/mol. The predicted molar refractivity (Wildman–Crippen MR) is 90.5 cm³/mol. The summed E-state index contributed by atoms with van der Waals surface area (Å²) < 4.78 is 11.0.